The molecule has 1 aromatic rings. The molecule has 0 aliphatic rings. The van der Waals surface area contributed by atoms with E-state index >= 15 is 0 Å². The number of alkyl halides is 3. The van der Waals surface area contributed by atoms with Crippen LogP contribution in [0.2, 0.25) is 0 Å². The van der Waals surface area contributed by atoms with Gasteiger partial charge in [0, 0.05) is 43.6 Å². The first-order valence-electron chi connectivity index (χ1n) is 5.69. The van der Waals surface area contributed by atoms with Crippen molar-refractivity contribution in [3.63, 3.8) is 0 Å². The van der Waals surface area contributed by atoms with Crippen LogP contribution >= 0.6 is 0 Å². The number of nitrogen functional groups attached to an aromatic ring is 1. The smallest absolute Gasteiger partial charge is 0.406 e. The largest absolute Gasteiger partial charge is 0.573 e. The van der Waals surface area contributed by atoms with Crippen molar-refractivity contribution in [1.29, 1.82) is 0 Å². The van der Waals surface area contributed by atoms with E-state index in [0.717, 1.165) is 12.6 Å². The van der Waals surface area contributed by atoms with Gasteiger partial charge in [-0.05, 0) is 20.2 Å². The number of hydrogen-bond donors (Lipinski definition) is 1. The van der Waals surface area contributed by atoms with E-state index < -0.39 is 6.36 Å². The van der Waals surface area contributed by atoms with E-state index in [0.29, 0.717) is 12.2 Å². The van der Waals surface area contributed by atoms with Crippen molar-refractivity contribution in [3.05, 3.63) is 18.2 Å². The first-order chi connectivity index (χ1) is 8.67. The Morgan fingerprint density at radius 3 is 2.26 bits per heavy atom. The van der Waals surface area contributed by atoms with Gasteiger partial charge in [0.05, 0.1) is 0 Å². The standard InChI is InChI=1S/C12H18F3N3O/c1-17(2)4-5-18(3)10-6-9(16)7-11(8-10)19-12(13,14)15/h6-8H,4-5,16H2,1-3H3. The van der Waals surface area contributed by atoms with Gasteiger partial charge in [0.25, 0.3) is 0 Å². The van der Waals surface area contributed by atoms with Crippen LogP contribution in [0.3, 0.4) is 0 Å². The predicted octanol–water partition coefficient (Wildman–Crippen LogP) is 2.17. The molecule has 0 radical (unpaired) electrons. The summed E-state index contributed by atoms with van der Waals surface area (Å²) in [5.74, 6) is -0.306. The predicted molar refractivity (Wildman–Crippen MR) is 69.4 cm³/mol. The van der Waals surface area contributed by atoms with Crippen LogP contribution in [-0.4, -0.2) is 45.5 Å². The number of rotatable bonds is 5. The van der Waals surface area contributed by atoms with E-state index in [1.807, 2.05) is 23.9 Å². The van der Waals surface area contributed by atoms with E-state index in [1.54, 1.807) is 13.1 Å². The van der Waals surface area contributed by atoms with Crippen LogP contribution in [0.15, 0.2) is 18.2 Å². The van der Waals surface area contributed by atoms with E-state index in [-0.39, 0.29) is 11.4 Å². The molecule has 0 aliphatic heterocycles. The third kappa shape index (κ3) is 5.69. The van der Waals surface area contributed by atoms with Gasteiger partial charge in [-0.3, -0.25) is 0 Å². The SMILES string of the molecule is CN(C)CCN(C)c1cc(N)cc(OC(F)(F)F)c1. The van der Waals surface area contributed by atoms with E-state index in [4.69, 9.17) is 5.73 Å². The normalized spacial score (nSPS) is 11.7. The molecule has 4 nitrogen and oxygen atoms in total. The molecule has 0 bridgehead atoms. The fraction of sp³-hybridized carbons (Fsp3) is 0.500. The Morgan fingerprint density at radius 2 is 1.74 bits per heavy atom. The van der Waals surface area contributed by atoms with Crippen molar-refractivity contribution in [1.82, 2.24) is 4.90 Å². The molecule has 108 valence electrons. The summed E-state index contributed by atoms with van der Waals surface area (Å²) in [6.07, 6.45) is -4.72. The number of halogens is 3. The molecule has 0 aliphatic carbocycles. The molecule has 0 amide bonds. The van der Waals surface area contributed by atoms with Gasteiger partial charge in [-0.25, -0.2) is 0 Å². The molecular weight excluding hydrogens is 259 g/mol. The van der Waals surface area contributed by atoms with Crippen molar-refractivity contribution in [2.24, 2.45) is 0 Å². The van der Waals surface area contributed by atoms with Crippen molar-refractivity contribution in [3.8, 4) is 5.75 Å². The van der Waals surface area contributed by atoms with E-state index in [2.05, 4.69) is 4.74 Å². The second-order valence-corrected chi connectivity index (χ2v) is 4.53. The number of likely N-dealkylation sites (N-methyl/N-ethyl adjacent to an activating group) is 2. The second kappa shape index (κ2) is 6.01. The van der Waals surface area contributed by atoms with Crippen molar-refractivity contribution < 1.29 is 17.9 Å². The average Bonchev–Trinajstić information content (AvgIpc) is 2.22. The van der Waals surface area contributed by atoms with Gasteiger partial charge in [0.2, 0.25) is 0 Å². The minimum absolute atomic E-state index is 0.230. The molecule has 0 saturated carbocycles. The highest BCUT2D eigenvalue weighted by atomic mass is 19.4. The third-order valence-corrected chi connectivity index (χ3v) is 2.47. The Kier molecular flexibility index (Phi) is 4.88. The number of nitrogens with two attached hydrogens (primary N) is 1. The van der Waals surface area contributed by atoms with Gasteiger partial charge in [-0.2, -0.15) is 0 Å². The molecule has 0 spiro atoms. The summed E-state index contributed by atoms with van der Waals surface area (Å²) in [6.45, 7) is 1.45. The number of anilines is 2. The van der Waals surface area contributed by atoms with Gasteiger partial charge in [-0.1, -0.05) is 0 Å². The molecule has 0 aromatic heterocycles. The molecule has 0 fully saturated rings. The number of hydrogen-bond acceptors (Lipinski definition) is 4. The summed E-state index contributed by atoms with van der Waals surface area (Å²) in [5, 5.41) is 0. The van der Waals surface area contributed by atoms with Crippen LogP contribution in [0.1, 0.15) is 0 Å². The van der Waals surface area contributed by atoms with Crippen LogP contribution < -0.4 is 15.4 Å². The maximum atomic E-state index is 12.2. The fourth-order valence-electron chi connectivity index (χ4n) is 1.50. The Labute approximate surface area is 110 Å². The lowest BCUT2D eigenvalue weighted by Crippen LogP contribution is -2.28. The summed E-state index contributed by atoms with van der Waals surface area (Å²) in [5.41, 5.74) is 6.40. The maximum absolute atomic E-state index is 12.2. The first kappa shape index (κ1) is 15.4. The zero-order valence-corrected chi connectivity index (χ0v) is 11.2. The van der Waals surface area contributed by atoms with Crippen molar-refractivity contribution in [2.75, 3.05) is 44.9 Å². The summed E-state index contributed by atoms with van der Waals surface area (Å²) >= 11 is 0. The molecule has 0 atom stereocenters. The van der Waals surface area contributed by atoms with Gasteiger partial charge in [0.15, 0.2) is 0 Å². The topological polar surface area (TPSA) is 41.7 Å². The van der Waals surface area contributed by atoms with Crippen LogP contribution in [0, 0.1) is 0 Å². The molecule has 7 heteroatoms. The van der Waals surface area contributed by atoms with Crippen LogP contribution in [0.25, 0.3) is 0 Å². The fourth-order valence-corrected chi connectivity index (χ4v) is 1.50. The van der Waals surface area contributed by atoms with Crippen LogP contribution in [-0.2, 0) is 0 Å². The van der Waals surface area contributed by atoms with Crippen LogP contribution in [0.5, 0.6) is 5.75 Å². The first-order valence-corrected chi connectivity index (χ1v) is 5.69. The molecule has 2 N–H and O–H groups in total. The van der Waals surface area contributed by atoms with Gasteiger partial charge >= 0.3 is 6.36 Å². The van der Waals surface area contributed by atoms with Gasteiger partial charge in [-0.15, -0.1) is 13.2 Å². The van der Waals surface area contributed by atoms with Crippen molar-refractivity contribution >= 4 is 11.4 Å². The molecule has 1 aromatic carbocycles. The maximum Gasteiger partial charge on any atom is 0.573 e. The average molecular weight is 277 g/mol. The molecule has 0 heterocycles. The molecular formula is C12H18F3N3O. The Hall–Kier alpha value is -1.63. The summed E-state index contributed by atoms with van der Waals surface area (Å²) in [7, 11) is 5.63. The second-order valence-electron chi connectivity index (χ2n) is 4.53. The quantitative estimate of drug-likeness (QED) is 0.838. The summed E-state index contributed by atoms with van der Waals surface area (Å²) in [4.78, 5) is 3.80. The summed E-state index contributed by atoms with van der Waals surface area (Å²) < 4.78 is 40.4. The molecule has 0 saturated heterocycles. The van der Waals surface area contributed by atoms with Crippen molar-refractivity contribution in [2.45, 2.75) is 6.36 Å². The lowest BCUT2D eigenvalue weighted by Gasteiger charge is -2.22. The van der Waals surface area contributed by atoms with Gasteiger partial charge < -0.3 is 20.3 Å². The number of ether oxygens (including phenoxy) is 1. The lowest BCUT2D eigenvalue weighted by molar-refractivity contribution is -0.274. The lowest BCUT2D eigenvalue weighted by atomic mass is 10.2. The molecule has 19 heavy (non-hydrogen) atoms. The van der Waals surface area contributed by atoms with E-state index in [9.17, 15) is 13.2 Å². The zero-order chi connectivity index (χ0) is 14.6. The highest BCUT2D eigenvalue weighted by Gasteiger charge is 2.31. The molecule has 1 rings (SSSR count). The molecule has 0 unspecified atom stereocenters. The van der Waals surface area contributed by atoms with E-state index in [1.165, 1.54) is 6.07 Å². The van der Waals surface area contributed by atoms with Gasteiger partial charge in [0.1, 0.15) is 5.75 Å². The highest BCUT2D eigenvalue weighted by molar-refractivity contribution is 5.60. The Morgan fingerprint density at radius 1 is 1.11 bits per heavy atom. The Bertz CT molecular complexity index is 421. The number of benzene rings is 1. The highest BCUT2D eigenvalue weighted by Crippen LogP contribution is 2.29. The Balaban J connectivity index is 2.84. The number of nitrogens with zero attached hydrogens (tertiary/aromatic N) is 2. The third-order valence-electron chi connectivity index (χ3n) is 2.47. The van der Waals surface area contributed by atoms with Crippen LogP contribution in [0.4, 0.5) is 24.5 Å². The minimum atomic E-state index is -4.72. The monoisotopic (exact) mass is 277 g/mol. The summed E-state index contributed by atoms with van der Waals surface area (Å²) in [6, 6.07) is 4.08. The minimum Gasteiger partial charge on any atom is -0.406 e. The zero-order valence-electron chi connectivity index (χ0n) is 11.2.